The van der Waals surface area contributed by atoms with E-state index in [0.29, 0.717) is 22.3 Å². The van der Waals surface area contributed by atoms with Crippen LogP contribution in [0.5, 0.6) is 0 Å². The van der Waals surface area contributed by atoms with Gasteiger partial charge in [0.1, 0.15) is 11.4 Å². The van der Waals surface area contributed by atoms with Gasteiger partial charge in [-0.25, -0.2) is 18.9 Å². The third-order valence-electron chi connectivity index (χ3n) is 6.31. The van der Waals surface area contributed by atoms with Crippen molar-refractivity contribution < 1.29 is 37.1 Å². The van der Waals surface area contributed by atoms with Gasteiger partial charge in [-0.15, -0.1) is 0 Å². The summed E-state index contributed by atoms with van der Waals surface area (Å²) in [7, 11) is 0. The number of hydrogen-bond donors (Lipinski definition) is 2. The van der Waals surface area contributed by atoms with Crippen LogP contribution in [0.1, 0.15) is 40.9 Å². The van der Waals surface area contributed by atoms with E-state index in [1.807, 2.05) is 0 Å². The molecule has 3 aromatic rings. The molecule has 8 nitrogen and oxygen atoms in total. The maximum Gasteiger partial charge on any atom is 0.417 e. The van der Waals surface area contributed by atoms with Crippen LogP contribution in [-0.2, 0) is 17.5 Å². The molecule has 1 aliphatic heterocycles. The van der Waals surface area contributed by atoms with Crippen LogP contribution in [0.4, 0.5) is 39.4 Å². The maximum atomic E-state index is 13.5. The van der Waals surface area contributed by atoms with E-state index in [1.165, 1.54) is 62.4 Å². The highest BCUT2D eigenvalue weighted by Gasteiger charge is 2.52. The molecule has 2 N–H and O–H groups in total. The smallest absolute Gasteiger partial charge is 0.417 e. The second-order valence-electron chi connectivity index (χ2n) is 9.22. The molecule has 1 aliphatic rings. The van der Waals surface area contributed by atoms with E-state index in [-0.39, 0.29) is 23.4 Å². The third kappa shape index (κ3) is 5.11. The number of urea groups is 1. The standard InChI is InChI=1S/C27H20F4N4O4/c1-26(2)24(38)35(20-9-3-16(13-32)21(12-20)27(29,30)31)25(39)34(26)14-17-11-15(23(36)37)4-10-22(17)33-19-7-5-18(28)6-8-19/h3-12,33H,14H2,1-2H3,(H,36,37). The summed E-state index contributed by atoms with van der Waals surface area (Å²) in [6.45, 7) is 2.53. The zero-order valence-electron chi connectivity index (χ0n) is 20.5. The Balaban J connectivity index is 1.74. The number of carboxylic acid groups (broad SMARTS) is 1. The lowest BCUT2D eigenvalue weighted by Gasteiger charge is -2.28. The van der Waals surface area contributed by atoms with E-state index in [0.717, 1.165) is 17.0 Å². The van der Waals surface area contributed by atoms with E-state index >= 15 is 0 Å². The summed E-state index contributed by atoms with van der Waals surface area (Å²) in [5, 5.41) is 21.6. The van der Waals surface area contributed by atoms with E-state index in [9.17, 15) is 37.1 Å². The Kier molecular flexibility index (Phi) is 6.78. The molecule has 0 aliphatic carbocycles. The number of carbonyl (C=O) groups excluding carboxylic acids is 2. The van der Waals surface area contributed by atoms with Crippen LogP contribution >= 0.6 is 0 Å². The Bertz CT molecular complexity index is 1530. The molecule has 39 heavy (non-hydrogen) atoms. The van der Waals surface area contributed by atoms with Crippen LogP contribution in [0.2, 0.25) is 0 Å². The number of halogens is 4. The molecular weight excluding hydrogens is 520 g/mol. The van der Waals surface area contributed by atoms with Crippen LogP contribution in [-0.4, -0.2) is 33.5 Å². The average Bonchev–Trinajstić information content (AvgIpc) is 3.04. The fourth-order valence-corrected chi connectivity index (χ4v) is 4.17. The van der Waals surface area contributed by atoms with Gasteiger partial charge in [-0.2, -0.15) is 18.4 Å². The number of imide groups is 1. The van der Waals surface area contributed by atoms with Crippen molar-refractivity contribution in [3.8, 4) is 6.07 Å². The van der Waals surface area contributed by atoms with Crippen LogP contribution in [0.15, 0.2) is 60.7 Å². The average molecular weight is 540 g/mol. The van der Waals surface area contributed by atoms with Crippen molar-refractivity contribution in [2.45, 2.75) is 32.1 Å². The van der Waals surface area contributed by atoms with Gasteiger partial charge in [0.15, 0.2) is 0 Å². The van der Waals surface area contributed by atoms with Crippen LogP contribution < -0.4 is 10.2 Å². The zero-order valence-corrected chi connectivity index (χ0v) is 20.5. The van der Waals surface area contributed by atoms with Crippen molar-refractivity contribution in [3.05, 3.63) is 88.7 Å². The summed E-state index contributed by atoms with van der Waals surface area (Å²) in [6, 6.07) is 12.4. The zero-order chi connectivity index (χ0) is 28.7. The number of benzene rings is 3. The highest BCUT2D eigenvalue weighted by atomic mass is 19.4. The summed E-state index contributed by atoms with van der Waals surface area (Å²) in [5.41, 5.74) is -2.86. The molecule has 3 amide bonds. The summed E-state index contributed by atoms with van der Waals surface area (Å²) in [5.74, 6) is -2.53. The van der Waals surface area contributed by atoms with Crippen molar-refractivity contribution in [2.75, 3.05) is 10.2 Å². The predicted molar refractivity (Wildman–Crippen MR) is 132 cm³/mol. The van der Waals surface area contributed by atoms with Crippen molar-refractivity contribution in [1.29, 1.82) is 5.26 Å². The Hall–Kier alpha value is -4.92. The van der Waals surface area contributed by atoms with Gasteiger partial charge in [0, 0.05) is 11.4 Å². The molecule has 4 rings (SSSR count). The number of carboxylic acids is 1. The first kappa shape index (κ1) is 27.1. The number of hydrogen-bond acceptors (Lipinski definition) is 5. The van der Waals surface area contributed by atoms with Crippen LogP contribution in [0.3, 0.4) is 0 Å². The molecule has 0 radical (unpaired) electrons. The molecule has 3 aromatic carbocycles. The number of anilines is 3. The Morgan fingerprint density at radius 1 is 1.05 bits per heavy atom. The molecule has 0 atom stereocenters. The first-order valence-electron chi connectivity index (χ1n) is 11.4. The first-order chi connectivity index (χ1) is 18.2. The first-order valence-corrected chi connectivity index (χ1v) is 11.4. The molecule has 200 valence electrons. The number of amides is 3. The quantitative estimate of drug-likeness (QED) is 0.297. The molecule has 0 bridgehead atoms. The molecule has 0 spiro atoms. The fraction of sp³-hybridized carbons (Fsp3) is 0.185. The number of rotatable bonds is 6. The summed E-state index contributed by atoms with van der Waals surface area (Å²) < 4.78 is 53.9. The molecular formula is C27H20F4N4O4. The maximum absolute atomic E-state index is 13.5. The number of nitrogens with one attached hydrogen (secondary N) is 1. The summed E-state index contributed by atoms with van der Waals surface area (Å²) in [6.07, 6.45) is -4.90. The van der Waals surface area contributed by atoms with Gasteiger partial charge in [-0.3, -0.25) is 4.79 Å². The number of nitrogens with zero attached hydrogens (tertiary/aromatic N) is 3. The van der Waals surface area contributed by atoms with Gasteiger partial charge >= 0.3 is 18.2 Å². The van der Waals surface area contributed by atoms with Gasteiger partial charge in [0.25, 0.3) is 5.91 Å². The minimum absolute atomic E-state index is 0.107. The second-order valence-corrected chi connectivity index (χ2v) is 9.22. The van der Waals surface area contributed by atoms with E-state index in [1.54, 1.807) is 0 Å². The predicted octanol–water partition coefficient (Wildman–Crippen LogP) is 5.91. The lowest BCUT2D eigenvalue weighted by Crippen LogP contribution is -2.43. The van der Waals surface area contributed by atoms with Crippen molar-refractivity contribution in [3.63, 3.8) is 0 Å². The van der Waals surface area contributed by atoms with Gasteiger partial charge in [-0.05, 0) is 80.1 Å². The van der Waals surface area contributed by atoms with Crippen molar-refractivity contribution in [1.82, 2.24) is 4.90 Å². The molecule has 0 saturated carbocycles. The Morgan fingerprint density at radius 2 is 1.72 bits per heavy atom. The van der Waals surface area contributed by atoms with Crippen LogP contribution in [0.25, 0.3) is 0 Å². The van der Waals surface area contributed by atoms with E-state index < -0.39 is 46.6 Å². The summed E-state index contributed by atoms with van der Waals surface area (Å²) in [4.78, 5) is 40.1. The largest absolute Gasteiger partial charge is 0.478 e. The molecule has 0 aromatic heterocycles. The topological polar surface area (TPSA) is 114 Å². The number of nitriles is 1. The number of alkyl halides is 3. The Labute approximate surface area is 219 Å². The SMILES string of the molecule is CC1(C)C(=O)N(c2ccc(C#N)c(C(F)(F)F)c2)C(=O)N1Cc1cc(C(=O)O)ccc1Nc1ccc(F)cc1. The second kappa shape index (κ2) is 9.75. The van der Waals surface area contributed by atoms with Gasteiger partial charge in [-0.1, -0.05) is 0 Å². The lowest BCUT2D eigenvalue weighted by molar-refractivity contribution is -0.137. The summed E-state index contributed by atoms with van der Waals surface area (Å²) >= 11 is 0. The minimum Gasteiger partial charge on any atom is -0.478 e. The monoisotopic (exact) mass is 540 g/mol. The lowest BCUT2D eigenvalue weighted by atomic mass is 10.0. The highest BCUT2D eigenvalue weighted by Crippen LogP contribution is 2.39. The fourth-order valence-electron chi connectivity index (χ4n) is 4.17. The van der Waals surface area contributed by atoms with Gasteiger partial charge in [0.2, 0.25) is 0 Å². The van der Waals surface area contributed by atoms with Gasteiger partial charge < -0.3 is 15.3 Å². The molecule has 1 heterocycles. The van der Waals surface area contributed by atoms with Crippen LogP contribution in [0, 0.1) is 17.1 Å². The number of carbonyl (C=O) groups is 3. The Morgan fingerprint density at radius 3 is 2.31 bits per heavy atom. The molecule has 0 unspecified atom stereocenters. The molecule has 12 heteroatoms. The van der Waals surface area contributed by atoms with E-state index in [2.05, 4.69) is 5.32 Å². The van der Waals surface area contributed by atoms with E-state index in [4.69, 9.17) is 5.26 Å². The van der Waals surface area contributed by atoms with Crippen molar-refractivity contribution in [2.24, 2.45) is 0 Å². The van der Waals surface area contributed by atoms with Crippen molar-refractivity contribution >= 4 is 35.0 Å². The number of aromatic carboxylic acids is 1. The third-order valence-corrected chi connectivity index (χ3v) is 6.31. The van der Waals surface area contributed by atoms with Gasteiger partial charge in [0.05, 0.1) is 35.0 Å². The minimum atomic E-state index is -4.90. The highest BCUT2D eigenvalue weighted by molar-refractivity contribution is 6.23. The molecule has 1 saturated heterocycles. The normalized spacial score (nSPS) is 14.9. The molecule has 1 fully saturated rings.